The minimum absolute atomic E-state index is 0.0604. The summed E-state index contributed by atoms with van der Waals surface area (Å²) in [6.07, 6.45) is 3.06. The number of carbonyl (C=O) groups excluding carboxylic acids is 1. The molecule has 0 aliphatic carbocycles. The molecule has 0 unspecified atom stereocenters. The molecule has 0 saturated carbocycles. The number of anilines is 1. The number of aryl methyl sites for hydroxylation is 1. The number of likely N-dealkylation sites (N-methyl/N-ethyl adjacent to an activating group) is 1. The summed E-state index contributed by atoms with van der Waals surface area (Å²) < 4.78 is 1.52. The van der Waals surface area contributed by atoms with E-state index in [2.05, 4.69) is 10.3 Å². The van der Waals surface area contributed by atoms with Gasteiger partial charge in [0.25, 0.3) is 0 Å². The molecule has 0 bridgehead atoms. The third-order valence-corrected chi connectivity index (χ3v) is 2.99. The summed E-state index contributed by atoms with van der Waals surface area (Å²) >= 11 is 0. The van der Waals surface area contributed by atoms with Crippen LogP contribution in [0.5, 0.6) is 0 Å². The van der Waals surface area contributed by atoms with Crippen LogP contribution in [-0.4, -0.2) is 39.7 Å². The van der Waals surface area contributed by atoms with Gasteiger partial charge in [0.05, 0.1) is 5.69 Å². The zero-order valence-corrected chi connectivity index (χ0v) is 11.4. The molecule has 1 heterocycles. The summed E-state index contributed by atoms with van der Waals surface area (Å²) in [5, 5.41) is 16.7. The molecule has 106 valence electrons. The maximum atomic E-state index is 12.1. The first-order chi connectivity index (χ1) is 9.70. The van der Waals surface area contributed by atoms with Crippen LogP contribution < -0.4 is 4.90 Å². The molecule has 1 aromatic carbocycles. The molecule has 0 fully saturated rings. The van der Waals surface area contributed by atoms with Crippen LogP contribution in [-0.2, 0) is 17.8 Å². The van der Waals surface area contributed by atoms with E-state index in [1.54, 1.807) is 18.1 Å². The van der Waals surface area contributed by atoms with Crippen molar-refractivity contribution in [3.63, 3.8) is 0 Å². The Morgan fingerprint density at radius 1 is 1.35 bits per heavy atom. The van der Waals surface area contributed by atoms with Crippen molar-refractivity contribution in [1.29, 1.82) is 0 Å². The second-order valence-electron chi connectivity index (χ2n) is 4.52. The van der Waals surface area contributed by atoms with Gasteiger partial charge < -0.3 is 10.0 Å². The van der Waals surface area contributed by atoms with Crippen LogP contribution >= 0.6 is 0 Å². The van der Waals surface area contributed by atoms with Gasteiger partial charge in [-0.25, -0.2) is 4.68 Å². The first-order valence-electron chi connectivity index (χ1n) is 6.52. The lowest BCUT2D eigenvalue weighted by atomic mass is 10.2. The highest BCUT2D eigenvalue weighted by Crippen LogP contribution is 2.11. The highest BCUT2D eigenvalue weighted by molar-refractivity contribution is 5.92. The van der Waals surface area contributed by atoms with Crippen LogP contribution in [0.3, 0.4) is 0 Å². The van der Waals surface area contributed by atoms with Gasteiger partial charge in [-0.2, -0.15) is 0 Å². The van der Waals surface area contributed by atoms with E-state index in [1.807, 2.05) is 30.3 Å². The molecular formula is C14H18N4O2. The van der Waals surface area contributed by atoms with Crippen LogP contribution in [0, 0.1) is 0 Å². The van der Waals surface area contributed by atoms with Crippen molar-refractivity contribution in [2.75, 3.05) is 18.6 Å². The fourth-order valence-corrected chi connectivity index (χ4v) is 1.83. The molecule has 0 spiro atoms. The van der Waals surface area contributed by atoms with Gasteiger partial charge in [0.15, 0.2) is 0 Å². The van der Waals surface area contributed by atoms with Gasteiger partial charge in [0.1, 0.15) is 6.54 Å². The van der Waals surface area contributed by atoms with Gasteiger partial charge in [0.2, 0.25) is 5.91 Å². The molecular weight excluding hydrogens is 256 g/mol. The van der Waals surface area contributed by atoms with Gasteiger partial charge >= 0.3 is 0 Å². The summed E-state index contributed by atoms with van der Waals surface area (Å²) in [5.41, 5.74) is 1.63. The van der Waals surface area contributed by atoms with Crippen molar-refractivity contribution in [2.24, 2.45) is 0 Å². The van der Waals surface area contributed by atoms with Gasteiger partial charge in [-0.3, -0.25) is 4.79 Å². The van der Waals surface area contributed by atoms with Crippen molar-refractivity contribution in [1.82, 2.24) is 15.0 Å². The van der Waals surface area contributed by atoms with Gasteiger partial charge in [-0.15, -0.1) is 5.10 Å². The Morgan fingerprint density at radius 2 is 2.10 bits per heavy atom. The lowest BCUT2D eigenvalue weighted by molar-refractivity contribution is -0.119. The topological polar surface area (TPSA) is 71.2 Å². The Balaban J connectivity index is 1.95. The Kier molecular flexibility index (Phi) is 4.84. The lowest BCUT2D eigenvalue weighted by Crippen LogP contribution is -2.30. The van der Waals surface area contributed by atoms with Crippen molar-refractivity contribution < 1.29 is 9.90 Å². The van der Waals surface area contributed by atoms with Crippen LogP contribution in [0.1, 0.15) is 12.1 Å². The van der Waals surface area contributed by atoms with E-state index in [0.717, 1.165) is 11.4 Å². The molecule has 2 rings (SSSR count). The summed E-state index contributed by atoms with van der Waals surface area (Å²) in [6, 6.07) is 9.45. The predicted octanol–water partition coefficient (Wildman–Crippen LogP) is 0.866. The smallest absolute Gasteiger partial charge is 0.248 e. The fraction of sp³-hybridized carbons (Fsp3) is 0.357. The number of aliphatic hydroxyl groups excluding tert-OH is 1. The largest absolute Gasteiger partial charge is 0.396 e. The number of hydrogen-bond donors (Lipinski definition) is 1. The van der Waals surface area contributed by atoms with Crippen molar-refractivity contribution in [3.05, 3.63) is 42.2 Å². The third-order valence-electron chi connectivity index (χ3n) is 2.99. The van der Waals surface area contributed by atoms with Crippen LogP contribution in [0.25, 0.3) is 0 Å². The highest BCUT2D eigenvalue weighted by atomic mass is 16.2. The van der Waals surface area contributed by atoms with Gasteiger partial charge in [0, 0.05) is 25.5 Å². The Bertz CT molecular complexity index is 553. The number of amides is 1. The van der Waals surface area contributed by atoms with Crippen LogP contribution in [0.15, 0.2) is 36.5 Å². The highest BCUT2D eigenvalue weighted by Gasteiger charge is 2.12. The number of benzene rings is 1. The minimum atomic E-state index is -0.0604. The molecule has 20 heavy (non-hydrogen) atoms. The molecule has 0 aliphatic heterocycles. The second kappa shape index (κ2) is 6.81. The van der Waals surface area contributed by atoms with E-state index < -0.39 is 0 Å². The zero-order chi connectivity index (χ0) is 14.4. The Morgan fingerprint density at radius 3 is 2.80 bits per heavy atom. The maximum absolute atomic E-state index is 12.1. The van der Waals surface area contributed by atoms with E-state index in [9.17, 15) is 4.79 Å². The monoisotopic (exact) mass is 274 g/mol. The maximum Gasteiger partial charge on any atom is 0.248 e. The van der Waals surface area contributed by atoms with E-state index in [-0.39, 0.29) is 19.1 Å². The number of carbonyl (C=O) groups is 1. The first kappa shape index (κ1) is 14.2. The van der Waals surface area contributed by atoms with E-state index in [0.29, 0.717) is 12.8 Å². The molecule has 1 N–H and O–H groups in total. The number of nitrogens with zero attached hydrogens (tertiary/aromatic N) is 4. The Labute approximate surface area is 117 Å². The van der Waals surface area contributed by atoms with Crippen molar-refractivity contribution >= 4 is 11.6 Å². The summed E-state index contributed by atoms with van der Waals surface area (Å²) in [7, 11) is 1.74. The fourth-order valence-electron chi connectivity index (χ4n) is 1.83. The predicted molar refractivity (Wildman–Crippen MR) is 75.3 cm³/mol. The van der Waals surface area contributed by atoms with Crippen LogP contribution in [0.2, 0.25) is 0 Å². The summed E-state index contributed by atoms with van der Waals surface area (Å²) in [5.74, 6) is -0.0604. The van der Waals surface area contributed by atoms with E-state index in [1.165, 1.54) is 4.68 Å². The average Bonchev–Trinajstić information content (AvgIpc) is 2.92. The van der Waals surface area contributed by atoms with Gasteiger partial charge in [-0.1, -0.05) is 23.4 Å². The van der Waals surface area contributed by atoms with Gasteiger partial charge in [-0.05, 0) is 25.0 Å². The zero-order valence-electron chi connectivity index (χ0n) is 11.4. The average molecular weight is 274 g/mol. The van der Waals surface area contributed by atoms with E-state index in [4.69, 9.17) is 5.11 Å². The SMILES string of the molecule is CN(C(=O)Cn1cc(CCCO)nn1)c1ccccc1. The first-order valence-corrected chi connectivity index (χ1v) is 6.52. The summed E-state index contributed by atoms with van der Waals surface area (Å²) in [4.78, 5) is 13.7. The number of para-hydroxylation sites is 1. The molecule has 1 aromatic heterocycles. The molecule has 0 radical (unpaired) electrons. The number of rotatable bonds is 6. The lowest BCUT2D eigenvalue weighted by Gasteiger charge is -2.16. The third kappa shape index (κ3) is 3.64. The molecule has 6 heteroatoms. The molecule has 0 aliphatic rings. The molecule has 6 nitrogen and oxygen atoms in total. The molecule has 2 aromatic rings. The number of hydrogen-bond acceptors (Lipinski definition) is 4. The quantitative estimate of drug-likeness (QED) is 0.848. The molecule has 0 atom stereocenters. The Hall–Kier alpha value is -2.21. The second-order valence-corrected chi connectivity index (χ2v) is 4.52. The minimum Gasteiger partial charge on any atom is -0.396 e. The standard InChI is InChI=1S/C14H18N4O2/c1-17(13-7-3-2-4-8-13)14(20)11-18-10-12(15-16-18)6-5-9-19/h2-4,7-8,10,19H,5-6,9,11H2,1H3. The normalized spacial score (nSPS) is 10.5. The summed E-state index contributed by atoms with van der Waals surface area (Å²) in [6.45, 7) is 0.278. The molecule has 1 amide bonds. The van der Waals surface area contributed by atoms with Crippen LogP contribution in [0.4, 0.5) is 5.69 Å². The van der Waals surface area contributed by atoms with E-state index >= 15 is 0 Å². The molecule has 0 saturated heterocycles. The van der Waals surface area contributed by atoms with Crippen molar-refractivity contribution in [2.45, 2.75) is 19.4 Å². The number of aliphatic hydroxyl groups is 1. The number of aromatic nitrogens is 3. The van der Waals surface area contributed by atoms with Crippen molar-refractivity contribution in [3.8, 4) is 0 Å².